The van der Waals surface area contributed by atoms with Gasteiger partial charge >= 0.3 is 0 Å². The highest BCUT2D eigenvalue weighted by Crippen LogP contribution is 2.16. The highest BCUT2D eigenvalue weighted by Gasteiger charge is 1.98. The zero-order valence-electron chi connectivity index (χ0n) is 13.3. The maximum atomic E-state index is 5.84. The van der Waals surface area contributed by atoms with Gasteiger partial charge in [0.2, 0.25) is 0 Å². The number of methoxy groups -OCH3 is 1. The SMILES string of the molecule is COc1ccc(NC(N)=NCCOc2ccccc2C)cc1.I. The smallest absolute Gasteiger partial charge is 0.193 e. The molecule has 0 atom stereocenters. The van der Waals surface area contributed by atoms with Crippen LogP contribution in [0.1, 0.15) is 5.56 Å². The molecule has 0 saturated heterocycles. The molecule has 5 nitrogen and oxygen atoms in total. The summed E-state index contributed by atoms with van der Waals surface area (Å²) in [6.07, 6.45) is 0. The van der Waals surface area contributed by atoms with Crippen LogP contribution >= 0.6 is 24.0 Å². The number of rotatable bonds is 6. The number of aliphatic imine (C=N–C) groups is 1. The number of nitrogens with zero attached hydrogens (tertiary/aromatic N) is 1. The van der Waals surface area contributed by atoms with Gasteiger partial charge in [-0.15, -0.1) is 24.0 Å². The van der Waals surface area contributed by atoms with Gasteiger partial charge < -0.3 is 20.5 Å². The van der Waals surface area contributed by atoms with E-state index in [2.05, 4.69) is 10.3 Å². The Kier molecular flexibility index (Phi) is 8.25. The maximum absolute atomic E-state index is 5.84. The van der Waals surface area contributed by atoms with E-state index in [1.165, 1.54) is 0 Å². The van der Waals surface area contributed by atoms with Crippen molar-refractivity contribution in [2.45, 2.75) is 6.92 Å². The first-order valence-electron chi connectivity index (χ1n) is 7.08. The zero-order chi connectivity index (χ0) is 15.8. The molecule has 6 heteroatoms. The first kappa shape index (κ1) is 19.1. The number of para-hydroxylation sites is 1. The van der Waals surface area contributed by atoms with Crippen LogP contribution in [0.5, 0.6) is 11.5 Å². The summed E-state index contributed by atoms with van der Waals surface area (Å²) in [6, 6.07) is 15.4. The van der Waals surface area contributed by atoms with Gasteiger partial charge in [0, 0.05) is 5.69 Å². The van der Waals surface area contributed by atoms with E-state index >= 15 is 0 Å². The van der Waals surface area contributed by atoms with Crippen molar-refractivity contribution in [2.24, 2.45) is 10.7 Å². The van der Waals surface area contributed by atoms with E-state index < -0.39 is 0 Å². The minimum Gasteiger partial charge on any atom is -0.497 e. The molecule has 0 heterocycles. The highest BCUT2D eigenvalue weighted by molar-refractivity contribution is 14.0. The van der Waals surface area contributed by atoms with Gasteiger partial charge in [-0.25, -0.2) is 4.99 Å². The van der Waals surface area contributed by atoms with Crippen LogP contribution in [0.3, 0.4) is 0 Å². The topological polar surface area (TPSA) is 68.9 Å². The Morgan fingerprint density at radius 1 is 1.13 bits per heavy atom. The van der Waals surface area contributed by atoms with Gasteiger partial charge in [-0.2, -0.15) is 0 Å². The molecule has 0 aromatic heterocycles. The predicted octanol–water partition coefficient (Wildman–Crippen LogP) is 3.43. The van der Waals surface area contributed by atoms with Crippen molar-refractivity contribution < 1.29 is 9.47 Å². The third-order valence-corrected chi connectivity index (χ3v) is 3.09. The van der Waals surface area contributed by atoms with Crippen molar-refractivity contribution in [3.8, 4) is 11.5 Å². The van der Waals surface area contributed by atoms with Crippen molar-refractivity contribution in [3.05, 3.63) is 54.1 Å². The maximum Gasteiger partial charge on any atom is 0.193 e. The molecule has 0 aliphatic heterocycles. The van der Waals surface area contributed by atoms with Gasteiger partial charge in [0.15, 0.2) is 5.96 Å². The van der Waals surface area contributed by atoms with Crippen LogP contribution in [-0.4, -0.2) is 26.2 Å². The number of benzene rings is 2. The fraction of sp³-hybridized carbons (Fsp3) is 0.235. The van der Waals surface area contributed by atoms with E-state index in [4.69, 9.17) is 15.2 Å². The summed E-state index contributed by atoms with van der Waals surface area (Å²) >= 11 is 0. The molecule has 0 radical (unpaired) electrons. The quantitative estimate of drug-likeness (QED) is 0.321. The Morgan fingerprint density at radius 3 is 2.48 bits per heavy atom. The molecule has 0 fully saturated rings. The molecular formula is C17H22IN3O2. The normalized spacial score (nSPS) is 10.6. The lowest BCUT2D eigenvalue weighted by atomic mass is 10.2. The number of halogens is 1. The van der Waals surface area contributed by atoms with E-state index in [0.717, 1.165) is 22.7 Å². The fourth-order valence-electron chi connectivity index (χ4n) is 1.90. The first-order valence-corrected chi connectivity index (χ1v) is 7.08. The second-order valence-corrected chi connectivity index (χ2v) is 4.73. The molecule has 0 bridgehead atoms. The number of hydrogen-bond acceptors (Lipinski definition) is 3. The fourth-order valence-corrected chi connectivity index (χ4v) is 1.90. The van der Waals surface area contributed by atoms with Crippen molar-refractivity contribution in [1.82, 2.24) is 0 Å². The van der Waals surface area contributed by atoms with Gasteiger partial charge in [-0.3, -0.25) is 0 Å². The van der Waals surface area contributed by atoms with Crippen LogP contribution in [0, 0.1) is 6.92 Å². The molecule has 0 unspecified atom stereocenters. The molecule has 124 valence electrons. The molecule has 0 spiro atoms. The number of ether oxygens (including phenoxy) is 2. The second kappa shape index (κ2) is 9.94. The average molecular weight is 427 g/mol. The lowest BCUT2D eigenvalue weighted by molar-refractivity contribution is 0.326. The van der Waals surface area contributed by atoms with E-state index in [0.29, 0.717) is 19.1 Å². The van der Waals surface area contributed by atoms with Crippen molar-refractivity contribution in [3.63, 3.8) is 0 Å². The third-order valence-electron chi connectivity index (χ3n) is 3.09. The molecule has 2 aromatic rings. The van der Waals surface area contributed by atoms with Crippen LogP contribution in [0.25, 0.3) is 0 Å². The van der Waals surface area contributed by atoms with Gasteiger partial charge in [-0.05, 0) is 42.8 Å². The summed E-state index contributed by atoms with van der Waals surface area (Å²) in [7, 11) is 1.63. The number of nitrogens with two attached hydrogens (primary N) is 1. The Hall–Kier alpha value is -1.96. The summed E-state index contributed by atoms with van der Waals surface area (Å²) in [5.41, 5.74) is 7.81. The molecule has 2 rings (SSSR count). The largest absolute Gasteiger partial charge is 0.497 e. The first-order chi connectivity index (χ1) is 10.7. The molecular weight excluding hydrogens is 405 g/mol. The summed E-state index contributed by atoms with van der Waals surface area (Å²) in [4.78, 5) is 4.23. The minimum absolute atomic E-state index is 0. The van der Waals surface area contributed by atoms with Gasteiger partial charge in [-0.1, -0.05) is 18.2 Å². The molecule has 23 heavy (non-hydrogen) atoms. The monoisotopic (exact) mass is 427 g/mol. The predicted molar refractivity (Wildman–Crippen MR) is 105 cm³/mol. The summed E-state index contributed by atoms with van der Waals surface area (Å²) in [5.74, 6) is 2.03. The Labute approximate surface area is 153 Å². The lowest BCUT2D eigenvalue weighted by Gasteiger charge is -2.08. The number of hydrogen-bond donors (Lipinski definition) is 2. The zero-order valence-corrected chi connectivity index (χ0v) is 15.6. The van der Waals surface area contributed by atoms with Gasteiger partial charge in [0.05, 0.1) is 13.7 Å². The lowest BCUT2D eigenvalue weighted by Crippen LogP contribution is -2.23. The third kappa shape index (κ3) is 6.35. The highest BCUT2D eigenvalue weighted by atomic mass is 127. The Morgan fingerprint density at radius 2 is 1.83 bits per heavy atom. The molecule has 3 N–H and O–H groups in total. The van der Waals surface area contributed by atoms with E-state index in [9.17, 15) is 0 Å². The van der Waals surface area contributed by atoms with Crippen LogP contribution in [-0.2, 0) is 0 Å². The molecule has 0 saturated carbocycles. The Balaban J connectivity index is 0.00000264. The number of aryl methyl sites for hydroxylation is 1. The number of anilines is 1. The Bertz CT molecular complexity index is 630. The summed E-state index contributed by atoms with van der Waals surface area (Å²) in [5, 5.41) is 3.02. The van der Waals surface area contributed by atoms with Crippen LogP contribution in [0.2, 0.25) is 0 Å². The number of nitrogens with one attached hydrogen (secondary N) is 1. The second-order valence-electron chi connectivity index (χ2n) is 4.73. The van der Waals surface area contributed by atoms with Crippen molar-refractivity contribution in [1.29, 1.82) is 0 Å². The summed E-state index contributed by atoms with van der Waals surface area (Å²) in [6.45, 7) is 2.98. The van der Waals surface area contributed by atoms with Crippen LogP contribution < -0.4 is 20.5 Å². The van der Waals surface area contributed by atoms with Crippen LogP contribution in [0.15, 0.2) is 53.5 Å². The van der Waals surface area contributed by atoms with Crippen molar-refractivity contribution in [2.75, 3.05) is 25.6 Å². The molecule has 2 aromatic carbocycles. The molecule has 0 aliphatic rings. The minimum atomic E-state index is 0. The van der Waals surface area contributed by atoms with Gasteiger partial charge in [0.1, 0.15) is 18.1 Å². The van der Waals surface area contributed by atoms with Gasteiger partial charge in [0.25, 0.3) is 0 Å². The average Bonchev–Trinajstić information content (AvgIpc) is 2.54. The van der Waals surface area contributed by atoms with E-state index in [1.807, 2.05) is 55.5 Å². The van der Waals surface area contributed by atoms with Crippen molar-refractivity contribution >= 4 is 35.6 Å². The summed E-state index contributed by atoms with van der Waals surface area (Å²) < 4.78 is 10.8. The molecule has 0 aliphatic carbocycles. The standard InChI is InChI=1S/C17H21N3O2.HI/c1-13-5-3-4-6-16(13)22-12-11-19-17(18)20-14-7-9-15(21-2)10-8-14;/h3-10H,11-12H2,1-2H3,(H3,18,19,20);1H. The van der Waals surface area contributed by atoms with E-state index in [-0.39, 0.29) is 24.0 Å². The number of guanidine groups is 1. The van der Waals surface area contributed by atoms with E-state index in [1.54, 1.807) is 7.11 Å². The van der Waals surface area contributed by atoms with Crippen LogP contribution in [0.4, 0.5) is 5.69 Å². The molecule has 0 amide bonds.